The number of pyridine rings is 1. The van der Waals surface area contributed by atoms with Gasteiger partial charge >= 0.3 is 0 Å². The number of aromatic nitrogens is 1. The van der Waals surface area contributed by atoms with E-state index in [0.29, 0.717) is 5.82 Å². The van der Waals surface area contributed by atoms with Crippen LogP contribution in [0.2, 0.25) is 0 Å². The maximum Gasteiger partial charge on any atom is 0.250 e. The summed E-state index contributed by atoms with van der Waals surface area (Å²) >= 11 is 0. The summed E-state index contributed by atoms with van der Waals surface area (Å²) in [4.78, 5) is 15.5. The highest BCUT2D eigenvalue weighted by Crippen LogP contribution is 2.25. The fraction of sp³-hybridized carbons (Fsp3) is 0.200. The Morgan fingerprint density at radius 2 is 2.15 bits per heavy atom. The van der Waals surface area contributed by atoms with Crippen molar-refractivity contribution in [3.05, 3.63) is 47.2 Å². The van der Waals surface area contributed by atoms with Crippen LogP contribution in [0.3, 0.4) is 0 Å². The third kappa shape index (κ3) is 2.71. The fourth-order valence-electron chi connectivity index (χ4n) is 2.08. The first-order valence-corrected chi connectivity index (χ1v) is 6.43. The number of rotatable bonds is 4. The Kier molecular flexibility index (Phi) is 3.89. The van der Waals surface area contributed by atoms with Crippen LogP contribution in [0.1, 0.15) is 28.4 Å². The number of nitrogens with one attached hydrogen (secondary N) is 1. The lowest BCUT2D eigenvalue weighted by Gasteiger charge is -2.14. The molecule has 1 aromatic carbocycles. The topological polar surface area (TPSA) is 94.0 Å². The van der Waals surface area contributed by atoms with Crippen LogP contribution in [-0.2, 0) is 6.42 Å². The number of hydrogen-bond acceptors (Lipinski definition) is 4. The molecular formula is C15H18N4O. The molecule has 0 bridgehead atoms. The quantitative estimate of drug-likeness (QED) is 0.795. The van der Waals surface area contributed by atoms with E-state index in [1.54, 1.807) is 6.07 Å². The molecule has 0 aliphatic rings. The standard InChI is InChI=1S/C15H18N4O/c1-3-10-6-4-5-9(2)14(10)19-13-7-11(15(17)20)12(16)8-18-13/h4-8H,3,16H2,1-2H3,(H2,17,20)(H,18,19). The molecule has 1 aromatic heterocycles. The summed E-state index contributed by atoms with van der Waals surface area (Å²) in [6.07, 6.45) is 2.34. The normalized spacial score (nSPS) is 10.3. The van der Waals surface area contributed by atoms with E-state index in [0.717, 1.165) is 17.7 Å². The van der Waals surface area contributed by atoms with Gasteiger partial charge in [0.2, 0.25) is 0 Å². The highest BCUT2D eigenvalue weighted by Gasteiger charge is 2.10. The second-order valence-corrected chi connectivity index (χ2v) is 4.61. The summed E-state index contributed by atoms with van der Waals surface area (Å²) in [6, 6.07) is 7.67. The number of amides is 1. The summed E-state index contributed by atoms with van der Waals surface area (Å²) < 4.78 is 0. The van der Waals surface area contributed by atoms with E-state index in [2.05, 4.69) is 23.3 Å². The molecule has 5 heteroatoms. The van der Waals surface area contributed by atoms with E-state index in [1.165, 1.54) is 11.8 Å². The van der Waals surface area contributed by atoms with Crippen LogP contribution in [0.15, 0.2) is 30.5 Å². The molecule has 2 aromatic rings. The molecule has 5 N–H and O–H groups in total. The highest BCUT2D eigenvalue weighted by atomic mass is 16.1. The minimum Gasteiger partial charge on any atom is -0.397 e. The van der Waals surface area contributed by atoms with Crippen molar-refractivity contribution in [1.29, 1.82) is 0 Å². The van der Waals surface area contributed by atoms with Crippen molar-refractivity contribution in [3.8, 4) is 0 Å². The van der Waals surface area contributed by atoms with Gasteiger partial charge in [-0.2, -0.15) is 0 Å². The lowest BCUT2D eigenvalue weighted by atomic mass is 10.1. The van der Waals surface area contributed by atoms with Gasteiger partial charge in [-0.05, 0) is 30.5 Å². The lowest BCUT2D eigenvalue weighted by Crippen LogP contribution is -2.14. The van der Waals surface area contributed by atoms with E-state index in [4.69, 9.17) is 11.5 Å². The van der Waals surface area contributed by atoms with Crippen molar-refractivity contribution in [2.24, 2.45) is 5.73 Å². The van der Waals surface area contributed by atoms with E-state index in [-0.39, 0.29) is 11.3 Å². The summed E-state index contributed by atoms with van der Waals surface area (Å²) in [5.74, 6) is -0.00884. The zero-order chi connectivity index (χ0) is 14.7. The first-order valence-electron chi connectivity index (χ1n) is 6.43. The van der Waals surface area contributed by atoms with Crippen molar-refractivity contribution < 1.29 is 4.79 Å². The molecule has 104 valence electrons. The third-order valence-corrected chi connectivity index (χ3v) is 3.19. The average molecular weight is 270 g/mol. The van der Waals surface area contributed by atoms with Crippen LogP contribution in [0, 0.1) is 6.92 Å². The molecule has 0 unspecified atom stereocenters. The van der Waals surface area contributed by atoms with Crippen molar-refractivity contribution in [3.63, 3.8) is 0 Å². The Morgan fingerprint density at radius 1 is 1.40 bits per heavy atom. The third-order valence-electron chi connectivity index (χ3n) is 3.19. The highest BCUT2D eigenvalue weighted by molar-refractivity contribution is 5.98. The Labute approximate surface area is 118 Å². The van der Waals surface area contributed by atoms with Gasteiger partial charge < -0.3 is 16.8 Å². The van der Waals surface area contributed by atoms with Crippen LogP contribution < -0.4 is 16.8 Å². The van der Waals surface area contributed by atoms with Gasteiger partial charge in [0.05, 0.1) is 17.4 Å². The van der Waals surface area contributed by atoms with Gasteiger partial charge in [-0.1, -0.05) is 25.1 Å². The Balaban J connectivity index is 2.40. The number of nitrogen functional groups attached to an aromatic ring is 1. The zero-order valence-electron chi connectivity index (χ0n) is 11.6. The number of nitrogens with two attached hydrogens (primary N) is 2. The van der Waals surface area contributed by atoms with Crippen molar-refractivity contribution in [2.75, 3.05) is 11.1 Å². The smallest absolute Gasteiger partial charge is 0.250 e. The second kappa shape index (κ2) is 5.61. The molecule has 20 heavy (non-hydrogen) atoms. The number of anilines is 3. The number of aryl methyl sites for hydroxylation is 2. The predicted molar refractivity (Wildman–Crippen MR) is 81.0 cm³/mol. The monoisotopic (exact) mass is 270 g/mol. The lowest BCUT2D eigenvalue weighted by molar-refractivity contribution is 0.100. The minimum absolute atomic E-state index is 0.272. The maximum atomic E-state index is 11.3. The van der Waals surface area contributed by atoms with Gasteiger partial charge in [0.1, 0.15) is 5.82 Å². The largest absolute Gasteiger partial charge is 0.397 e. The van der Waals surface area contributed by atoms with Gasteiger partial charge in [-0.25, -0.2) is 4.98 Å². The maximum absolute atomic E-state index is 11.3. The molecule has 1 amide bonds. The van der Waals surface area contributed by atoms with E-state index in [9.17, 15) is 4.79 Å². The van der Waals surface area contributed by atoms with Crippen LogP contribution in [0.5, 0.6) is 0 Å². The Hall–Kier alpha value is -2.56. The van der Waals surface area contributed by atoms with Gasteiger partial charge in [0.15, 0.2) is 0 Å². The van der Waals surface area contributed by atoms with Gasteiger partial charge in [-0.3, -0.25) is 4.79 Å². The zero-order valence-corrected chi connectivity index (χ0v) is 11.6. The molecule has 0 saturated carbocycles. The molecule has 0 radical (unpaired) electrons. The molecule has 0 aliphatic heterocycles. The van der Waals surface area contributed by atoms with Crippen molar-refractivity contribution in [1.82, 2.24) is 4.98 Å². The summed E-state index contributed by atoms with van der Waals surface area (Å²) in [5, 5.41) is 3.24. The number of carbonyl (C=O) groups excluding carboxylic acids is 1. The first-order chi connectivity index (χ1) is 9.52. The van der Waals surface area contributed by atoms with Crippen molar-refractivity contribution >= 4 is 23.1 Å². The number of para-hydroxylation sites is 1. The SMILES string of the molecule is CCc1cccc(C)c1Nc1cc(C(N)=O)c(N)cn1. The fourth-order valence-corrected chi connectivity index (χ4v) is 2.08. The summed E-state index contributed by atoms with van der Waals surface area (Å²) in [6.45, 7) is 4.11. The molecule has 0 fully saturated rings. The number of nitrogens with zero attached hydrogens (tertiary/aromatic N) is 1. The predicted octanol–water partition coefficient (Wildman–Crippen LogP) is 2.38. The molecule has 0 spiro atoms. The number of benzene rings is 1. The van der Waals surface area contributed by atoms with Crippen LogP contribution in [-0.4, -0.2) is 10.9 Å². The van der Waals surface area contributed by atoms with Gasteiger partial charge in [0.25, 0.3) is 5.91 Å². The molecule has 0 atom stereocenters. The molecule has 0 saturated heterocycles. The summed E-state index contributed by atoms with van der Waals surface area (Å²) in [5.41, 5.74) is 14.8. The average Bonchev–Trinajstić information content (AvgIpc) is 2.42. The molecular weight excluding hydrogens is 252 g/mol. The molecule has 1 heterocycles. The van der Waals surface area contributed by atoms with Crippen LogP contribution in [0.4, 0.5) is 17.2 Å². The molecule has 2 rings (SSSR count). The number of primary amides is 1. The van der Waals surface area contributed by atoms with E-state index >= 15 is 0 Å². The number of carbonyl (C=O) groups is 1. The van der Waals surface area contributed by atoms with E-state index in [1.807, 2.05) is 19.1 Å². The van der Waals surface area contributed by atoms with Crippen LogP contribution >= 0.6 is 0 Å². The Morgan fingerprint density at radius 3 is 2.80 bits per heavy atom. The minimum atomic E-state index is -0.562. The number of hydrogen-bond donors (Lipinski definition) is 3. The second-order valence-electron chi connectivity index (χ2n) is 4.61. The molecule has 0 aliphatic carbocycles. The van der Waals surface area contributed by atoms with E-state index < -0.39 is 5.91 Å². The van der Waals surface area contributed by atoms with Crippen LogP contribution in [0.25, 0.3) is 0 Å². The first kappa shape index (κ1) is 13.9. The summed E-state index contributed by atoms with van der Waals surface area (Å²) in [7, 11) is 0. The Bertz CT molecular complexity index is 652. The van der Waals surface area contributed by atoms with Gasteiger partial charge in [0, 0.05) is 5.69 Å². The van der Waals surface area contributed by atoms with Gasteiger partial charge in [-0.15, -0.1) is 0 Å². The van der Waals surface area contributed by atoms with Crippen molar-refractivity contribution in [2.45, 2.75) is 20.3 Å². The molecule has 5 nitrogen and oxygen atoms in total.